The number of benzene rings is 1. The highest BCUT2D eigenvalue weighted by Gasteiger charge is 2.42. The summed E-state index contributed by atoms with van der Waals surface area (Å²) in [6.45, 7) is 1.73. The average Bonchev–Trinajstić information content (AvgIpc) is 2.60. The SMILES string of the molecule is O=C(c1ccc(F)cc1)C1CCN(C/C=C/CC(P(=O)(O)O)P(=O)(O)O)CC1. The van der Waals surface area contributed by atoms with Crippen molar-refractivity contribution in [1.82, 2.24) is 4.90 Å². The Kier molecular flexibility index (Phi) is 7.88. The van der Waals surface area contributed by atoms with Gasteiger partial charge < -0.3 is 19.6 Å². The number of halogens is 1. The summed E-state index contributed by atoms with van der Waals surface area (Å²) in [6, 6.07) is 5.47. The maximum atomic E-state index is 13.0. The minimum Gasteiger partial charge on any atom is -0.324 e. The summed E-state index contributed by atoms with van der Waals surface area (Å²) >= 11 is 0. The van der Waals surface area contributed by atoms with Gasteiger partial charge in [0.15, 0.2) is 11.2 Å². The van der Waals surface area contributed by atoms with Crippen molar-refractivity contribution in [2.24, 2.45) is 5.92 Å². The molecular weight excluding hydrogens is 411 g/mol. The molecule has 1 aromatic rings. The first-order valence-electron chi connectivity index (χ1n) is 8.76. The third-order valence-corrected chi connectivity index (χ3v) is 8.52. The van der Waals surface area contributed by atoms with Crippen molar-refractivity contribution in [3.8, 4) is 0 Å². The molecule has 0 bridgehead atoms. The van der Waals surface area contributed by atoms with Gasteiger partial charge in [-0.2, -0.15) is 0 Å². The first-order chi connectivity index (χ1) is 13.0. The summed E-state index contributed by atoms with van der Waals surface area (Å²) < 4.78 is 35.4. The van der Waals surface area contributed by atoms with Gasteiger partial charge in [-0.15, -0.1) is 0 Å². The van der Waals surface area contributed by atoms with E-state index in [0.29, 0.717) is 38.0 Å². The number of carbonyl (C=O) groups excluding carboxylic acids is 1. The number of nitrogens with zero attached hydrogens (tertiary/aromatic N) is 1. The van der Waals surface area contributed by atoms with Crippen LogP contribution in [0.3, 0.4) is 0 Å². The zero-order chi connectivity index (χ0) is 20.9. The Morgan fingerprint density at radius 2 is 1.61 bits per heavy atom. The van der Waals surface area contributed by atoms with E-state index in [1.807, 2.05) is 4.90 Å². The molecule has 0 spiro atoms. The molecule has 4 N–H and O–H groups in total. The third kappa shape index (κ3) is 6.71. The van der Waals surface area contributed by atoms with Crippen LogP contribution in [0.5, 0.6) is 0 Å². The second-order valence-corrected chi connectivity index (χ2v) is 10.8. The summed E-state index contributed by atoms with van der Waals surface area (Å²) in [5.74, 6) is -0.543. The number of Topliss-reactive ketones (excluding diaryl/α,β-unsaturated/α-hetero) is 1. The molecule has 0 radical (unpaired) electrons. The molecule has 1 fully saturated rings. The van der Waals surface area contributed by atoms with E-state index in [9.17, 15) is 18.3 Å². The number of carbonyl (C=O) groups is 1. The summed E-state index contributed by atoms with van der Waals surface area (Å²) in [6.07, 6.45) is 3.82. The van der Waals surface area contributed by atoms with Gasteiger partial charge in [-0.3, -0.25) is 18.8 Å². The highest BCUT2D eigenvalue weighted by Crippen LogP contribution is 2.61. The minimum absolute atomic E-state index is 0.0127. The molecule has 0 aliphatic carbocycles. The van der Waals surface area contributed by atoms with Crippen LogP contribution in [0.1, 0.15) is 29.6 Å². The summed E-state index contributed by atoms with van der Waals surface area (Å²) in [5, 5.41) is -2.03. The molecule has 2 rings (SSSR count). The highest BCUT2D eigenvalue weighted by molar-refractivity contribution is 7.70. The van der Waals surface area contributed by atoms with Crippen LogP contribution in [-0.4, -0.2) is 55.3 Å². The molecule has 1 aliphatic rings. The van der Waals surface area contributed by atoms with E-state index in [1.54, 1.807) is 6.08 Å². The van der Waals surface area contributed by atoms with Crippen LogP contribution in [0.15, 0.2) is 36.4 Å². The number of ketones is 1. The van der Waals surface area contributed by atoms with Crippen molar-refractivity contribution in [3.05, 3.63) is 47.8 Å². The van der Waals surface area contributed by atoms with Crippen LogP contribution >= 0.6 is 15.2 Å². The molecule has 1 aliphatic heterocycles. The fourth-order valence-corrected chi connectivity index (χ4v) is 5.50. The van der Waals surface area contributed by atoms with Gasteiger partial charge in [-0.25, -0.2) is 4.39 Å². The average molecular weight is 435 g/mol. The second-order valence-electron chi connectivity index (χ2n) is 6.81. The number of hydrogen-bond acceptors (Lipinski definition) is 4. The predicted molar refractivity (Wildman–Crippen MR) is 102 cm³/mol. The van der Waals surface area contributed by atoms with Crippen LogP contribution in [0.4, 0.5) is 4.39 Å². The molecule has 0 amide bonds. The normalized spacial score (nSPS) is 17.5. The Hall–Kier alpha value is -1.18. The lowest BCUT2D eigenvalue weighted by molar-refractivity contribution is 0.0848. The molecule has 0 atom stereocenters. The minimum atomic E-state index is -4.91. The van der Waals surface area contributed by atoms with E-state index in [2.05, 4.69) is 0 Å². The maximum absolute atomic E-state index is 13.0. The van der Waals surface area contributed by atoms with Gasteiger partial charge in [0.2, 0.25) is 0 Å². The summed E-state index contributed by atoms with van der Waals surface area (Å²) in [5.41, 5.74) is 0.487. The first-order valence-corrected chi connectivity index (χ1v) is 12.1. The van der Waals surface area contributed by atoms with Crippen molar-refractivity contribution in [2.45, 2.75) is 24.7 Å². The second kappa shape index (κ2) is 9.55. The summed E-state index contributed by atoms with van der Waals surface area (Å²) in [7, 11) is -9.82. The topological polar surface area (TPSA) is 135 Å². The zero-order valence-electron chi connectivity index (χ0n) is 15.1. The molecule has 8 nitrogen and oxygen atoms in total. The van der Waals surface area contributed by atoms with Crippen molar-refractivity contribution < 1.29 is 37.9 Å². The Bertz CT molecular complexity index is 772. The Morgan fingerprint density at radius 3 is 2.11 bits per heavy atom. The van der Waals surface area contributed by atoms with E-state index in [4.69, 9.17) is 19.6 Å². The molecule has 1 heterocycles. The van der Waals surface area contributed by atoms with Crippen molar-refractivity contribution in [2.75, 3.05) is 19.6 Å². The summed E-state index contributed by atoms with van der Waals surface area (Å²) in [4.78, 5) is 50.8. The fourth-order valence-electron chi connectivity index (χ4n) is 3.14. The lowest BCUT2D eigenvalue weighted by Gasteiger charge is -2.30. The lowest BCUT2D eigenvalue weighted by Crippen LogP contribution is -2.36. The van der Waals surface area contributed by atoms with Gasteiger partial charge in [0.25, 0.3) is 0 Å². The quantitative estimate of drug-likeness (QED) is 0.278. The van der Waals surface area contributed by atoms with Crippen molar-refractivity contribution >= 4 is 21.0 Å². The van der Waals surface area contributed by atoms with Gasteiger partial charge in [0, 0.05) is 18.0 Å². The van der Waals surface area contributed by atoms with Gasteiger partial charge in [0.05, 0.1) is 0 Å². The molecule has 1 saturated heterocycles. The largest absolute Gasteiger partial charge is 0.341 e. The van der Waals surface area contributed by atoms with Crippen LogP contribution in [0.2, 0.25) is 0 Å². The number of hydrogen-bond donors (Lipinski definition) is 4. The van der Waals surface area contributed by atoms with E-state index in [0.717, 1.165) is 0 Å². The smallest absolute Gasteiger partial charge is 0.324 e. The highest BCUT2D eigenvalue weighted by atomic mass is 31.2. The number of allylic oxidation sites excluding steroid dienone is 1. The van der Waals surface area contributed by atoms with Crippen molar-refractivity contribution in [1.29, 1.82) is 0 Å². The number of piperidine rings is 1. The third-order valence-electron chi connectivity index (χ3n) is 4.74. The van der Waals surface area contributed by atoms with Gasteiger partial charge in [-0.05, 0) is 56.6 Å². The monoisotopic (exact) mass is 435 g/mol. The van der Waals surface area contributed by atoms with Crippen LogP contribution in [0.25, 0.3) is 0 Å². The van der Waals surface area contributed by atoms with Gasteiger partial charge >= 0.3 is 15.2 Å². The standard InChI is InChI=1S/C17H24FNO7P2/c18-15-6-4-13(5-7-15)17(20)14-8-11-19(12-9-14)10-2-1-3-16(27(21,22)23)28(24,25)26/h1-2,4-7,14,16H,3,8-12H2,(H2,21,22,23)(H2,24,25,26)/b2-1+. The molecule has 0 saturated carbocycles. The molecular formula is C17H24FNO7P2. The molecule has 156 valence electrons. The Balaban J connectivity index is 1.81. The zero-order valence-corrected chi connectivity index (χ0v) is 16.9. The number of rotatable bonds is 8. The Labute approximate surface area is 162 Å². The maximum Gasteiger partial charge on any atom is 0.341 e. The van der Waals surface area contributed by atoms with E-state index < -0.39 is 32.8 Å². The van der Waals surface area contributed by atoms with Crippen molar-refractivity contribution in [3.63, 3.8) is 0 Å². The van der Waals surface area contributed by atoms with Crippen LogP contribution in [0, 0.1) is 11.7 Å². The van der Waals surface area contributed by atoms with Gasteiger partial charge in [-0.1, -0.05) is 12.2 Å². The number of likely N-dealkylation sites (tertiary alicyclic amines) is 1. The molecule has 1 aromatic carbocycles. The van der Waals surface area contributed by atoms with E-state index >= 15 is 0 Å². The predicted octanol–water partition coefficient (Wildman–Crippen LogP) is 2.35. The van der Waals surface area contributed by atoms with Gasteiger partial charge in [0.1, 0.15) is 5.82 Å². The lowest BCUT2D eigenvalue weighted by atomic mass is 9.89. The van der Waals surface area contributed by atoms with E-state index in [1.165, 1.54) is 30.3 Å². The fraction of sp³-hybridized carbons (Fsp3) is 0.471. The molecule has 28 heavy (non-hydrogen) atoms. The Morgan fingerprint density at radius 1 is 1.07 bits per heavy atom. The first kappa shape index (κ1) is 23.1. The molecule has 11 heteroatoms. The molecule has 0 unspecified atom stereocenters. The van der Waals surface area contributed by atoms with Crippen LogP contribution in [-0.2, 0) is 9.13 Å². The van der Waals surface area contributed by atoms with E-state index in [-0.39, 0.29) is 11.7 Å². The molecule has 0 aromatic heterocycles. The van der Waals surface area contributed by atoms with Crippen LogP contribution < -0.4 is 0 Å².